The van der Waals surface area contributed by atoms with Crippen molar-refractivity contribution in [2.75, 3.05) is 13.7 Å². The van der Waals surface area contributed by atoms with E-state index in [-0.39, 0.29) is 12.6 Å². The fourth-order valence-electron chi connectivity index (χ4n) is 5.80. The molecule has 3 aliphatic rings. The van der Waals surface area contributed by atoms with Gasteiger partial charge in [0.15, 0.2) is 0 Å². The summed E-state index contributed by atoms with van der Waals surface area (Å²) in [6, 6.07) is 0. The summed E-state index contributed by atoms with van der Waals surface area (Å²) in [7, 11) is 1.48. The maximum atomic E-state index is 12.8. The molecule has 120 valence electrons. The maximum absolute atomic E-state index is 12.8. The Morgan fingerprint density at radius 2 is 1.90 bits per heavy atom. The highest BCUT2D eigenvalue weighted by Crippen LogP contribution is 2.66. The van der Waals surface area contributed by atoms with Gasteiger partial charge in [-0.25, -0.2) is 0 Å². The minimum Gasteiger partial charge on any atom is -0.469 e. The average molecular weight is 296 g/mol. The van der Waals surface area contributed by atoms with Crippen LogP contribution in [0.15, 0.2) is 0 Å². The van der Waals surface area contributed by atoms with E-state index >= 15 is 0 Å². The van der Waals surface area contributed by atoms with Crippen LogP contribution in [-0.4, -0.2) is 36.0 Å². The van der Waals surface area contributed by atoms with Crippen LogP contribution in [-0.2, 0) is 14.3 Å². The van der Waals surface area contributed by atoms with E-state index in [9.17, 15) is 9.90 Å². The lowest BCUT2D eigenvalue weighted by Crippen LogP contribution is -2.59. The van der Waals surface area contributed by atoms with Gasteiger partial charge in [-0.05, 0) is 50.4 Å². The zero-order chi connectivity index (χ0) is 15.3. The van der Waals surface area contributed by atoms with Gasteiger partial charge in [0.1, 0.15) is 5.41 Å². The van der Waals surface area contributed by atoms with Gasteiger partial charge in [-0.2, -0.15) is 0 Å². The predicted octanol–water partition coefficient (Wildman–Crippen LogP) is 2.68. The van der Waals surface area contributed by atoms with E-state index in [1.54, 1.807) is 0 Å². The second-order valence-electron chi connectivity index (χ2n) is 7.57. The molecule has 1 saturated heterocycles. The second kappa shape index (κ2) is 4.95. The lowest BCUT2D eigenvalue weighted by atomic mass is 9.53. The van der Waals surface area contributed by atoms with Crippen molar-refractivity contribution in [1.82, 2.24) is 0 Å². The molecule has 4 heteroatoms. The lowest BCUT2D eigenvalue weighted by molar-refractivity contribution is -0.209. The van der Waals surface area contributed by atoms with Crippen LogP contribution < -0.4 is 0 Å². The van der Waals surface area contributed by atoms with Gasteiger partial charge in [-0.1, -0.05) is 20.3 Å². The van der Waals surface area contributed by atoms with Gasteiger partial charge in [0.25, 0.3) is 0 Å². The molecule has 0 aromatic carbocycles. The largest absolute Gasteiger partial charge is 0.469 e. The first-order valence-corrected chi connectivity index (χ1v) is 8.36. The number of aliphatic hydroxyl groups is 1. The summed E-state index contributed by atoms with van der Waals surface area (Å²) < 4.78 is 11.9. The number of aliphatic hydroxyl groups excluding tert-OH is 1. The number of carbonyl (C=O) groups is 1. The van der Waals surface area contributed by atoms with Crippen molar-refractivity contribution >= 4 is 5.97 Å². The minimum absolute atomic E-state index is 0.00688. The SMILES string of the molecule is COC(=O)[C@]12CCC[C@](CO)(C1)OC21C(C)CCCC1C. The van der Waals surface area contributed by atoms with Crippen LogP contribution in [0.2, 0.25) is 0 Å². The molecule has 1 N–H and O–H groups in total. The van der Waals surface area contributed by atoms with E-state index in [2.05, 4.69) is 13.8 Å². The Bertz CT molecular complexity index is 425. The van der Waals surface area contributed by atoms with Crippen molar-refractivity contribution in [3.63, 3.8) is 0 Å². The Balaban J connectivity index is 2.14. The highest BCUT2D eigenvalue weighted by Gasteiger charge is 2.73. The fourth-order valence-corrected chi connectivity index (χ4v) is 5.80. The van der Waals surface area contributed by atoms with Crippen LogP contribution in [0.5, 0.6) is 0 Å². The highest BCUT2D eigenvalue weighted by atomic mass is 16.6. The molecule has 0 aromatic heterocycles. The number of methoxy groups -OCH3 is 1. The highest BCUT2D eigenvalue weighted by molar-refractivity contribution is 5.79. The standard InChI is InChI=1S/C17H28O4/c1-12-6-4-7-13(2)17(12)16(14(19)20-3)9-5-8-15(10-16,11-18)21-17/h12-13,18H,4-11H2,1-3H3/t12?,13?,15-,16+,17?/m1/s1. The van der Waals surface area contributed by atoms with Crippen LogP contribution in [0.4, 0.5) is 0 Å². The quantitative estimate of drug-likeness (QED) is 0.796. The van der Waals surface area contributed by atoms with Crippen molar-refractivity contribution in [3.8, 4) is 0 Å². The Morgan fingerprint density at radius 1 is 1.24 bits per heavy atom. The van der Waals surface area contributed by atoms with Gasteiger partial charge in [-0.15, -0.1) is 0 Å². The lowest BCUT2D eigenvalue weighted by Gasteiger charge is -2.52. The van der Waals surface area contributed by atoms with E-state index in [0.717, 1.165) is 32.1 Å². The predicted molar refractivity (Wildman–Crippen MR) is 78.7 cm³/mol. The fraction of sp³-hybridized carbons (Fsp3) is 0.941. The topological polar surface area (TPSA) is 55.8 Å². The molecular formula is C17H28O4. The van der Waals surface area contributed by atoms with Gasteiger partial charge in [0, 0.05) is 0 Å². The van der Waals surface area contributed by atoms with E-state index in [0.29, 0.717) is 18.3 Å². The van der Waals surface area contributed by atoms with Crippen LogP contribution in [0.1, 0.15) is 58.8 Å². The maximum Gasteiger partial charge on any atom is 0.314 e. The van der Waals surface area contributed by atoms with Crippen LogP contribution in [0.25, 0.3) is 0 Å². The molecule has 1 spiro atoms. The van der Waals surface area contributed by atoms with Crippen molar-refractivity contribution in [1.29, 1.82) is 0 Å². The third kappa shape index (κ3) is 1.78. The number of esters is 1. The summed E-state index contributed by atoms with van der Waals surface area (Å²) >= 11 is 0. The van der Waals surface area contributed by atoms with Gasteiger partial charge in [-0.3, -0.25) is 4.79 Å². The van der Waals surface area contributed by atoms with Crippen LogP contribution in [0, 0.1) is 17.3 Å². The van der Waals surface area contributed by atoms with E-state index in [1.165, 1.54) is 13.5 Å². The molecule has 4 atom stereocenters. The number of hydrogen-bond acceptors (Lipinski definition) is 4. The molecule has 2 aliphatic carbocycles. The molecule has 2 bridgehead atoms. The average Bonchev–Trinajstić information content (AvgIpc) is 2.71. The van der Waals surface area contributed by atoms with Crippen molar-refractivity contribution < 1.29 is 19.4 Å². The monoisotopic (exact) mass is 296 g/mol. The molecule has 0 radical (unpaired) electrons. The van der Waals surface area contributed by atoms with Crippen molar-refractivity contribution in [2.24, 2.45) is 17.3 Å². The van der Waals surface area contributed by atoms with E-state index in [4.69, 9.17) is 9.47 Å². The summed E-state index contributed by atoms with van der Waals surface area (Å²) in [5.74, 6) is 0.525. The first-order valence-electron chi connectivity index (χ1n) is 8.36. The first kappa shape index (κ1) is 15.3. The number of rotatable bonds is 2. The number of ether oxygens (including phenoxy) is 2. The first-order chi connectivity index (χ1) is 9.96. The summed E-state index contributed by atoms with van der Waals surface area (Å²) in [6.07, 6.45) is 6.60. The van der Waals surface area contributed by atoms with Crippen LogP contribution >= 0.6 is 0 Å². The Kier molecular flexibility index (Phi) is 3.61. The normalized spacial score (nSPS) is 49.3. The van der Waals surface area contributed by atoms with E-state index in [1.807, 2.05) is 0 Å². The third-order valence-corrected chi connectivity index (χ3v) is 6.60. The smallest absolute Gasteiger partial charge is 0.314 e. The summed E-state index contributed by atoms with van der Waals surface area (Å²) in [5.41, 5.74) is -1.56. The third-order valence-electron chi connectivity index (χ3n) is 6.60. The van der Waals surface area contributed by atoms with Crippen molar-refractivity contribution in [3.05, 3.63) is 0 Å². The molecule has 0 amide bonds. The van der Waals surface area contributed by atoms with Gasteiger partial charge >= 0.3 is 5.97 Å². The molecule has 2 saturated carbocycles. The number of fused-ring (bicyclic) bond motifs is 3. The Hall–Kier alpha value is -0.610. The number of hydrogen-bond donors (Lipinski definition) is 1. The van der Waals surface area contributed by atoms with Gasteiger partial charge in [0.2, 0.25) is 0 Å². The summed E-state index contributed by atoms with van der Waals surface area (Å²) in [5, 5.41) is 9.95. The summed E-state index contributed by atoms with van der Waals surface area (Å²) in [4.78, 5) is 12.8. The van der Waals surface area contributed by atoms with Gasteiger partial charge < -0.3 is 14.6 Å². The van der Waals surface area contributed by atoms with Gasteiger partial charge in [0.05, 0.1) is 24.9 Å². The van der Waals surface area contributed by atoms with E-state index < -0.39 is 16.6 Å². The molecule has 0 aromatic rings. The molecule has 4 nitrogen and oxygen atoms in total. The Labute approximate surface area is 127 Å². The Morgan fingerprint density at radius 3 is 2.48 bits per heavy atom. The molecule has 3 rings (SSSR count). The molecule has 1 heterocycles. The molecule has 1 aliphatic heterocycles. The van der Waals surface area contributed by atoms with Crippen molar-refractivity contribution in [2.45, 2.75) is 70.0 Å². The minimum atomic E-state index is -0.567. The zero-order valence-electron chi connectivity index (χ0n) is 13.5. The second-order valence-corrected chi connectivity index (χ2v) is 7.57. The zero-order valence-corrected chi connectivity index (χ0v) is 13.5. The number of carbonyl (C=O) groups excluding carboxylic acids is 1. The van der Waals surface area contributed by atoms with Crippen LogP contribution in [0.3, 0.4) is 0 Å². The molecule has 21 heavy (non-hydrogen) atoms. The molecule has 2 unspecified atom stereocenters. The molecular weight excluding hydrogens is 268 g/mol. The molecule has 3 fully saturated rings. The summed E-state index contributed by atoms with van der Waals surface area (Å²) in [6.45, 7) is 4.44.